The predicted octanol–water partition coefficient (Wildman–Crippen LogP) is 3.45. The fourth-order valence-electron chi connectivity index (χ4n) is 1.97. The molecule has 0 heterocycles. The average Bonchev–Trinajstić information content (AvgIpc) is 2.43. The van der Waals surface area contributed by atoms with E-state index in [-0.39, 0.29) is 17.6 Å². The average molecular weight is 291 g/mol. The molecule has 0 aromatic heterocycles. The maximum Gasteiger partial charge on any atom is 0.124 e. The van der Waals surface area contributed by atoms with Gasteiger partial charge in [0.1, 0.15) is 11.6 Å². The molecule has 0 amide bonds. The largest absolute Gasteiger partial charge is 0.508 e. The van der Waals surface area contributed by atoms with Crippen LogP contribution in [-0.2, 0) is 6.42 Å². The van der Waals surface area contributed by atoms with Gasteiger partial charge in [0.2, 0.25) is 0 Å². The van der Waals surface area contributed by atoms with Crippen LogP contribution in [0, 0.1) is 5.82 Å². The van der Waals surface area contributed by atoms with E-state index >= 15 is 0 Å². The van der Waals surface area contributed by atoms with Gasteiger partial charge < -0.3 is 10.4 Å². The lowest BCUT2D eigenvalue weighted by atomic mass is 10.1. The fraction of sp³-hybridized carbons (Fsp3) is 0.250. The molecule has 1 atom stereocenters. The van der Waals surface area contributed by atoms with Crippen LogP contribution in [0.3, 0.4) is 0 Å². The maximum absolute atomic E-state index is 13.1. The smallest absolute Gasteiger partial charge is 0.124 e. The molecular weight excluding hydrogens is 273 g/mol. The summed E-state index contributed by atoms with van der Waals surface area (Å²) in [5.41, 5.74) is 1.09. The van der Waals surface area contributed by atoms with Crippen LogP contribution < -0.4 is 5.32 Å². The standard InChI is InChI=1S/C16H18FNOS/c1-18-14(8-12-4-2-6-15(19)9-12)11-20-16-7-3-5-13(17)10-16/h2-7,9-10,14,18-19H,8,11H2,1H3. The molecule has 2 rings (SSSR count). The van der Waals surface area contributed by atoms with Crippen molar-refractivity contribution in [3.63, 3.8) is 0 Å². The number of likely N-dealkylation sites (N-methyl/N-ethyl adjacent to an activating group) is 1. The molecule has 0 saturated heterocycles. The summed E-state index contributed by atoms with van der Waals surface area (Å²) in [7, 11) is 1.92. The van der Waals surface area contributed by atoms with Gasteiger partial charge >= 0.3 is 0 Å². The van der Waals surface area contributed by atoms with Gasteiger partial charge in [0.05, 0.1) is 0 Å². The van der Waals surface area contributed by atoms with Crippen molar-refractivity contribution in [3.05, 3.63) is 59.9 Å². The van der Waals surface area contributed by atoms with E-state index in [0.717, 1.165) is 22.6 Å². The molecule has 0 radical (unpaired) electrons. The van der Waals surface area contributed by atoms with E-state index in [9.17, 15) is 9.50 Å². The van der Waals surface area contributed by atoms with Crippen molar-refractivity contribution < 1.29 is 9.50 Å². The number of phenols is 1. The number of hydrogen-bond donors (Lipinski definition) is 2. The summed E-state index contributed by atoms with van der Waals surface area (Å²) in [5.74, 6) is 0.925. The number of benzene rings is 2. The van der Waals surface area contributed by atoms with E-state index in [1.807, 2.05) is 25.2 Å². The summed E-state index contributed by atoms with van der Waals surface area (Å²) in [6.07, 6.45) is 0.827. The number of hydrogen-bond acceptors (Lipinski definition) is 3. The highest BCUT2D eigenvalue weighted by atomic mass is 32.2. The number of rotatable bonds is 6. The summed E-state index contributed by atoms with van der Waals surface area (Å²) in [6, 6.07) is 14.2. The highest BCUT2D eigenvalue weighted by Gasteiger charge is 2.09. The van der Waals surface area contributed by atoms with E-state index in [4.69, 9.17) is 0 Å². The zero-order chi connectivity index (χ0) is 14.4. The zero-order valence-corrected chi connectivity index (χ0v) is 12.2. The molecule has 0 bridgehead atoms. The predicted molar refractivity (Wildman–Crippen MR) is 81.8 cm³/mol. The summed E-state index contributed by atoms with van der Waals surface area (Å²) >= 11 is 1.63. The number of phenolic OH excluding ortho intramolecular Hbond substituents is 1. The second-order valence-corrected chi connectivity index (χ2v) is 5.72. The first-order chi connectivity index (χ1) is 9.67. The van der Waals surface area contributed by atoms with Gasteiger partial charge in [-0.25, -0.2) is 4.39 Å². The number of halogens is 1. The molecule has 0 fully saturated rings. The fourth-order valence-corrected chi connectivity index (χ4v) is 3.01. The molecule has 2 aromatic rings. The third-order valence-electron chi connectivity index (χ3n) is 3.05. The normalized spacial score (nSPS) is 12.3. The van der Waals surface area contributed by atoms with Gasteiger partial charge in [-0.05, 0) is 49.4 Å². The zero-order valence-electron chi connectivity index (χ0n) is 11.3. The van der Waals surface area contributed by atoms with Crippen LogP contribution in [-0.4, -0.2) is 23.9 Å². The molecule has 0 aliphatic heterocycles. The summed E-state index contributed by atoms with van der Waals surface area (Å²) in [6.45, 7) is 0. The number of aromatic hydroxyl groups is 1. The molecule has 2 N–H and O–H groups in total. The van der Waals surface area contributed by atoms with Crippen molar-refractivity contribution >= 4 is 11.8 Å². The highest BCUT2D eigenvalue weighted by Crippen LogP contribution is 2.21. The third-order valence-corrected chi connectivity index (χ3v) is 4.20. The molecule has 0 aliphatic rings. The van der Waals surface area contributed by atoms with E-state index in [0.29, 0.717) is 0 Å². The Balaban J connectivity index is 1.92. The molecule has 2 aromatic carbocycles. The minimum atomic E-state index is -0.205. The van der Waals surface area contributed by atoms with Crippen LogP contribution in [0.25, 0.3) is 0 Å². The Labute approximate surface area is 123 Å². The van der Waals surface area contributed by atoms with Gasteiger partial charge in [-0.3, -0.25) is 0 Å². The van der Waals surface area contributed by atoms with E-state index < -0.39 is 0 Å². The molecule has 106 valence electrons. The Hall–Kier alpha value is -1.52. The second kappa shape index (κ2) is 7.31. The van der Waals surface area contributed by atoms with E-state index in [1.165, 1.54) is 6.07 Å². The quantitative estimate of drug-likeness (QED) is 0.800. The first-order valence-corrected chi connectivity index (χ1v) is 7.49. The molecule has 0 saturated carbocycles. The van der Waals surface area contributed by atoms with Crippen LogP contribution in [0.5, 0.6) is 5.75 Å². The van der Waals surface area contributed by atoms with Crippen molar-refractivity contribution in [2.24, 2.45) is 0 Å². The van der Waals surface area contributed by atoms with Crippen molar-refractivity contribution in [1.29, 1.82) is 0 Å². The van der Waals surface area contributed by atoms with E-state index in [2.05, 4.69) is 5.32 Å². The van der Waals surface area contributed by atoms with Crippen LogP contribution in [0.2, 0.25) is 0 Å². The Kier molecular flexibility index (Phi) is 5.44. The first kappa shape index (κ1) is 14.9. The molecule has 4 heteroatoms. The van der Waals surface area contributed by atoms with Crippen molar-refractivity contribution in [2.45, 2.75) is 17.4 Å². The molecule has 1 unspecified atom stereocenters. The maximum atomic E-state index is 13.1. The number of thioether (sulfide) groups is 1. The summed E-state index contributed by atoms with van der Waals surface area (Å²) in [4.78, 5) is 0.932. The lowest BCUT2D eigenvalue weighted by Gasteiger charge is -2.16. The minimum absolute atomic E-state index is 0.205. The highest BCUT2D eigenvalue weighted by molar-refractivity contribution is 7.99. The first-order valence-electron chi connectivity index (χ1n) is 6.51. The van der Waals surface area contributed by atoms with Crippen LogP contribution in [0.15, 0.2) is 53.4 Å². The van der Waals surface area contributed by atoms with Crippen molar-refractivity contribution in [3.8, 4) is 5.75 Å². The monoisotopic (exact) mass is 291 g/mol. The third kappa shape index (κ3) is 4.54. The van der Waals surface area contributed by atoms with Crippen LogP contribution in [0.1, 0.15) is 5.56 Å². The Morgan fingerprint density at radius 2 is 2.00 bits per heavy atom. The van der Waals surface area contributed by atoms with Gasteiger partial charge in [-0.2, -0.15) is 0 Å². The van der Waals surface area contributed by atoms with Crippen LogP contribution >= 0.6 is 11.8 Å². The minimum Gasteiger partial charge on any atom is -0.508 e. The van der Waals surface area contributed by atoms with Gasteiger partial charge in [0.25, 0.3) is 0 Å². The molecule has 0 aliphatic carbocycles. The Morgan fingerprint density at radius 3 is 2.70 bits per heavy atom. The Morgan fingerprint density at radius 1 is 1.20 bits per heavy atom. The molecule has 2 nitrogen and oxygen atoms in total. The van der Waals surface area contributed by atoms with Gasteiger partial charge in [-0.15, -0.1) is 11.8 Å². The number of nitrogens with one attached hydrogen (secondary N) is 1. The molecule has 0 spiro atoms. The summed E-state index contributed by atoms with van der Waals surface area (Å²) in [5, 5.41) is 12.7. The molecule has 20 heavy (non-hydrogen) atoms. The van der Waals surface area contributed by atoms with E-state index in [1.54, 1.807) is 36.0 Å². The van der Waals surface area contributed by atoms with Crippen molar-refractivity contribution in [1.82, 2.24) is 5.32 Å². The Bertz CT molecular complexity index is 562. The van der Waals surface area contributed by atoms with Gasteiger partial charge in [-0.1, -0.05) is 18.2 Å². The van der Waals surface area contributed by atoms with Crippen molar-refractivity contribution in [2.75, 3.05) is 12.8 Å². The van der Waals surface area contributed by atoms with Crippen LogP contribution in [0.4, 0.5) is 4.39 Å². The molecular formula is C16H18FNOS. The lowest BCUT2D eigenvalue weighted by Crippen LogP contribution is -2.30. The van der Waals surface area contributed by atoms with Gasteiger partial charge in [0, 0.05) is 16.7 Å². The second-order valence-electron chi connectivity index (χ2n) is 4.63. The topological polar surface area (TPSA) is 32.3 Å². The lowest BCUT2D eigenvalue weighted by molar-refractivity contribution is 0.474. The van der Waals surface area contributed by atoms with Gasteiger partial charge in [0.15, 0.2) is 0 Å². The summed E-state index contributed by atoms with van der Waals surface area (Å²) < 4.78 is 13.1. The SMILES string of the molecule is CNC(CSc1cccc(F)c1)Cc1cccc(O)c1.